The molecule has 0 unspecified atom stereocenters. The van der Waals surface area contributed by atoms with Crippen molar-refractivity contribution in [1.29, 1.82) is 0 Å². The van der Waals surface area contributed by atoms with Crippen molar-refractivity contribution >= 4 is 39.0 Å². The number of nitrogens with two attached hydrogens (primary N) is 1. The Balaban J connectivity index is 2.10. The van der Waals surface area contributed by atoms with Gasteiger partial charge in [0.1, 0.15) is 0 Å². The molecule has 0 saturated heterocycles. The molecular weight excluding hydrogens is 324 g/mol. The number of nitrogens with zero attached hydrogens (tertiary/aromatic N) is 4. The Kier molecular flexibility index (Phi) is 3.15. The number of nitrogens with one attached hydrogen (secondary N) is 1. The van der Waals surface area contributed by atoms with Crippen LogP contribution < -0.4 is 15.8 Å². The van der Waals surface area contributed by atoms with Crippen LogP contribution >= 0.6 is 15.9 Å². The van der Waals surface area contributed by atoms with Gasteiger partial charge in [0.2, 0.25) is 5.95 Å². The topological polar surface area (TPSA) is 90.4 Å². The van der Waals surface area contributed by atoms with E-state index in [1.54, 1.807) is 24.0 Å². The number of benzene rings is 1. The quantitative estimate of drug-likeness (QED) is 0.763. The third-order valence-electron chi connectivity index (χ3n) is 2.69. The lowest BCUT2D eigenvalue weighted by Crippen LogP contribution is -2.06. The van der Waals surface area contributed by atoms with E-state index < -0.39 is 0 Å². The lowest BCUT2D eigenvalue weighted by atomic mass is 10.3. The molecule has 1 aromatic carbocycles. The summed E-state index contributed by atoms with van der Waals surface area (Å²) in [5.74, 6) is 1.35. The summed E-state index contributed by atoms with van der Waals surface area (Å²) < 4.78 is 7.76. The van der Waals surface area contributed by atoms with Gasteiger partial charge in [0.15, 0.2) is 17.2 Å². The van der Waals surface area contributed by atoms with Crippen LogP contribution in [0.15, 0.2) is 35.1 Å². The van der Waals surface area contributed by atoms with E-state index in [1.165, 1.54) is 0 Å². The smallest absolute Gasteiger partial charge is 0.240 e. The van der Waals surface area contributed by atoms with Crippen LogP contribution in [0.1, 0.15) is 0 Å². The summed E-state index contributed by atoms with van der Waals surface area (Å²) in [5.41, 5.74) is 7.03. The predicted octanol–water partition coefficient (Wildman–Crippen LogP) is 2.22. The van der Waals surface area contributed by atoms with Gasteiger partial charge in [0, 0.05) is 12.4 Å². The number of halogens is 1. The Bertz CT molecular complexity index is 772. The van der Waals surface area contributed by atoms with E-state index in [4.69, 9.17) is 10.5 Å². The Labute approximate surface area is 122 Å². The number of fused-ring (bicyclic) bond motifs is 1. The Morgan fingerprint density at radius 1 is 1.40 bits per heavy atom. The lowest BCUT2D eigenvalue weighted by molar-refractivity contribution is 0.414. The summed E-state index contributed by atoms with van der Waals surface area (Å²) in [5, 5.41) is 7.20. The zero-order chi connectivity index (χ0) is 14.1. The summed E-state index contributed by atoms with van der Waals surface area (Å²) in [6.45, 7) is 0. The van der Waals surface area contributed by atoms with Crippen molar-refractivity contribution in [2.24, 2.45) is 0 Å². The number of anilines is 3. The van der Waals surface area contributed by atoms with E-state index in [1.807, 2.05) is 18.2 Å². The number of nitrogen functional groups attached to an aromatic ring is 1. The van der Waals surface area contributed by atoms with E-state index in [-0.39, 0.29) is 5.95 Å². The molecule has 3 N–H and O–H groups in total. The van der Waals surface area contributed by atoms with Gasteiger partial charge in [0.05, 0.1) is 17.3 Å². The van der Waals surface area contributed by atoms with Crippen LogP contribution in [0.25, 0.3) is 5.65 Å². The summed E-state index contributed by atoms with van der Waals surface area (Å²) in [6.07, 6.45) is 3.34. The number of hydrogen-bond acceptors (Lipinski definition) is 6. The molecule has 0 atom stereocenters. The fourth-order valence-electron chi connectivity index (χ4n) is 1.87. The van der Waals surface area contributed by atoms with Gasteiger partial charge in [0.25, 0.3) is 0 Å². The van der Waals surface area contributed by atoms with Gasteiger partial charge in [-0.25, -0.2) is 9.50 Å². The minimum atomic E-state index is 0.159. The van der Waals surface area contributed by atoms with Gasteiger partial charge in [-0.1, -0.05) is 6.07 Å². The Morgan fingerprint density at radius 3 is 3.05 bits per heavy atom. The fourth-order valence-corrected chi connectivity index (χ4v) is 2.40. The molecule has 7 nitrogen and oxygen atoms in total. The molecule has 8 heteroatoms. The molecule has 0 aliphatic carbocycles. The van der Waals surface area contributed by atoms with Crippen molar-refractivity contribution in [3.63, 3.8) is 0 Å². The van der Waals surface area contributed by atoms with Crippen molar-refractivity contribution in [3.05, 3.63) is 35.1 Å². The highest BCUT2D eigenvalue weighted by Gasteiger charge is 2.12. The van der Waals surface area contributed by atoms with Crippen molar-refractivity contribution in [2.45, 2.75) is 0 Å². The maximum absolute atomic E-state index is 5.69. The average molecular weight is 335 g/mol. The third kappa shape index (κ3) is 2.14. The molecule has 102 valence electrons. The average Bonchev–Trinajstić information content (AvgIpc) is 2.87. The molecule has 0 radical (unpaired) electrons. The molecule has 0 saturated carbocycles. The van der Waals surface area contributed by atoms with Gasteiger partial charge >= 0.3 is 0 Å². The zero-order valence-electron chi connectivity index (χ0n) is 10.5. The summed E-state index contributed by atoms with van der Waals surface area (Å²) >= 11 is 3.43. The van der Waals surface area contributed by atoms with E-state index in [0.29, 0.717) is 17.2 Å². The van der Waals surface area contributed by atoms with E-state index in [2.05, 4.69) is 36.3 Å². The monoisotopic (exact) mass is 334 g/mol. The van der Waals surface area contributed by atoms with Gasteiger partial charge in [-0.05, 0) is 28.1 Å². The second kappa shape index (κ2) is 4.97. The molecule has 0 spiro atoms. The van der Waals surface area contributed by atoms with Crippen LogP contribution in [0.5, 0.6) is 5.75 Å². The van der Waals surface area contributed by atoms with E-state index in [9.17, 15) is 0 Å². The second-order valence-electron chi connectivity index (χ2n) is 3.96. The summed E-state index contributed by atoms with van der Waals surface area (Å²) in [6, 6.07) is 5.66. The van der Waals surface area contributed by atoms with Crippen molar-refractivity contribution in [3.8, 4) is 5.75 Å². The molecule has 0 aliphatic rings. The molecular formula is C12H11BrN6O. The number of aromatic nitrogens is 4. The molecule has 0 fully saturated rings. The first-order chi connectivity index (χ1) is 9.69. The number of methoxy groups -OCH3 is 1. The highest BCUT2D eigenvalue weighted by molar-refractivity contribution is 9.10. The molecule has 0 aliphatic heterocycles. The Hall–Kier alpha value is -2.35. The number of ether oxygens (including phenoxy) is 1. The number of imidazole rings is 1. The minimum absolute atomic E-state index is 0.159. The third-order valence-corrected chi connectivity index (χ3v) is 3.32. The van der Waals surface area contributed by atoms with E-state index >= 15 is 0 Å². The zero-order valence-corrected chi connectivity index (χ0v) is 12.1. The summed E-state index contributed by atoms with van der Waals surface area (Å²) in [4.78, 5) is 8.38. The molecule has 0 amide bonds. The van der Waals surface area contributed by atoms with E-state index in [0.717, 1.165) is 10.2 Å². The van der Waals surface area contributed by atoms with Crippen LogP contribution in [-0.2, 0) is 0 Å². The first-order valence-electron chi connectivity index (χ1n) is 5.75. The van der Waals surface area contributed by atoms with Gasteiger partial charge < -0.3 is 15.8 Å². The maximum atomic E-state index is 5.69. The Morgan fingerprint density at radius 2 is 2.25 bits per heavy atom. The van der Waals surface area contributed by atoms with Crippen LogP contribution in [0, 0.1) is 0 Å². The maximum Gasteiger partial charge on any atom is 0.240 e. The normalized spacial score (nSPS) is 10.7. The van der Waals surface area contributed by atoms with Gasteiger partial charge in [-0.2, -0.15) is 4.98 Å². The van der Waals surface area contributed by atoms with Gasteiger partial charge in [-0.15, -0.1) is 5.10 Å². The summed E-state index contributed by atoms with van der Waals surface area (Å²) in [7, 11) is 1.60. The standard InChI is InChI=1S/C12H11BrN6O/c1-20-9-7(13)3-2-4-8(9)16-10-11-15-5-6-19(11)18-12(14)17-10/h2-6H,1H3,(H3,14,16,17,18). The van der Waals surface area contributed by atoms with Gasteiger partial charge in [-0.3, -0.25) is 0 Å². The fraction of sp³-hybridized carbons (Fsp3) is 0.0833. The van der Waals surface area contributed by atoms with Crippen LogP contribution in [0.2, 0.25) is 0 Å². The predicted molar refractivity (Wildman–Crippen MR) is 79.2 cm³/mol. The SMILES string of the molecule is COc1c(Br)cccc1Nc1nc(N)nn2ccnc12. The molecule has 2 heterocycles. The molecule has 0 bridgehead atoms. The number of rotatable bonds is 3. The highest BCUT2D eigenvalue weighted by Crippen LogP contribution is 2.34. The lowest BCUT2D eigenvalue weighted by Gasteiger charge is -2.12. The number of hydrogen-bond donors (Lipinski definition) is 2. The molecule has 2 aromatic heterocycles. The van der Waals surface area contributed by atoms with Crippen LogP contribution in [-0.4, -0.2) is 26.7 Å². The van der Waals surface area contributed by atoms with Crippen LogP contribution in [0.4, 0.5) is 17.5 Å². The molecule has 3 aromatic rings. The minimum Gasteiger partial charge on any atom is -0.493 e. The van der Waals surface area contributed by atoms with Crippen molar-refractivity contribution in [1.82, 2.24) is 19.6 Å². The molecule has 3 rings (SSSR count). The molecule has 20 heavy (non-hydrogen) atoms. The first kappa shape index (κ1) is 12.7. The number of para-hydroxylation sites is 1. The second-order valence-corrected chi connectivity index (χ2v) is 4.81. The highest BCUT2D eigenvalue weighted by atomic mass is 79.9. The van der Waals surface area contributed by atoms with Crippen LogP contribution in [0.3, 0.4) is 0 Å². The van der Waals surface area contributed by atoms with Crippen molar-refractivity contribution < 1.29 is 4.74 Å². The largest absolute Gasteiger partial charge is 0.493 e. The van der Waals surface area contributed by atoms with Crippen molar-refractivity contribution in [2.75, 3.05) is 18.2 Å². The first-order valence-corrected chi connectivity index (χ1v) is 6.54.